The maximum Gasteiger partial charge on any atom is 0.262 e. The monoisotopic (exact) mass is 408 g/mol. The van der Waals surface area contributed by atoms with Gasteiger partial charge in [0, 0.05) is 16.6 Å². The summed E-state index contributed by atoms with van der Waals surface area (Å²) in [5, 5.41) is 13.1. The maximum absolute atomic E-state index is 12.5. The van der Waals surface area contributed by atoms with Crippen LogP contribution in [-0.2, 0) is 11.4 Å². The van der Waals surface area contributed by atoms with Gasteiger partial charge in [-0.2, -0.15) is 5.26 Å². The quantitative estimate of drug-likeness (QED) is 0.380. The van der Waals surface area contributed by atoms with Crippen LogP contribution in [0.1, 0.15) is 49.7 Å². The fraction of sp³-hybridized carbons (Fsp3) is 0.333. The van der Waals surface area contributed by atoms with Crippen molar-refractivity contribution < 1.29 is 9.53 Å². The van der Waals surface area contributed by atoms with Crippen molar-refractivity contribution in [2.24, 2.45) is 0 Å². The van der Waals surface area contributed by atoms with Gasteiger partial charge in [0.05, 0.1) is 0 Å². The molecule has 4 nitrogen and oxygen atoms in total. The molecule has 1 fully saturated rings. The number of benzene rings is 2. The Morgan fingerprint density at radius 1 is 1.10 bits per heavy atom. The molecule has 0 radical (unpaired) electrons. The van der Waals surface area contributed by atoms with Crippen molar-refractivity contribution in [1.82, 2.24) is 5.32 Å². The molecule has 0 aromatic heterocycles. The smallest absolute Gasteiger partial charge is 0.262 e. The molecule has 0 heterocycles. The zero-order chi connectivity index (χ0) is 20.5. The maximum atomic E-state index is 12.5. The minimum Gasteiger partial charge on any atom is -0.489 e. The van der Waals surface area contributed by atoms with Crippen LogP contribution in [0.25, 0.3) is 6.08 Å². The van der Waals surface area contributed by atoms with E-state index >= 15 is 0 Å². The van der Waals surface area contributed by atoms with Crippen molar-refractivity contribution in [2.75, 3.05) is 0 Å². The Hall–Kier alpha value is -2.77. The Morgan fingerprint density at radius 2 is 1.79 bits per heavy atom. The molecule has 0 saturated heterocycles. The number of carbonyl (C=O) groups excluding carboxylic acids is 1. The van der Waals surface area contributed by atoms with Crippen LogP contribution in [-0.4, -0.2) is 11.9 Å². The van der Waals surface area contributed by atoms with Crippen LogP contribution in [0, 0.1) is 11.3 Å². The number of nitrogens with zero attached hydrogens (tertiary/aromatic N) is 1. The van der Waals surface area contributed by atoms with Crippen molar-refractivity contribution >= 4 is 23.6 Å². The number of rotatable bonds is 6. The summed E-state index contributed by atoms with van der Waals surface area (Å²) in [4.78, 5) is 12.5. The van der Waals surface area contributed by atoms with E-state index in [0.29, 0.717) is 17.4 Å². The van der Waals surface area contributed by atoms with Crippen LogP contribution in [0.2, 0.25) is 5.02 Å². The summed E-state index contributed by atoms with van der Waals surface area (Å²) in [5.74, 6) is 0.405. The average Bonchev–Trinajstić information content (AvgIpc) is 3.01. The van der Waals surface area contributed by atoms with Gasteiger partial charge in [-0.05, 0) is 42.7 Å². The highest BCUT2D eigenvalue weighted by molar-refractivity contribution is 6.31. The third kappa shape index (κ3) is 6.37. The molecule has 5 heteroatoms. The van der Waals surface area contributed by atoms with Crippen molar-refractivity contribution in [3.8, 4) is 11.8 Å². The second kappa shape index (κ2) is 10.7. The minimum atomic E-state index is -0.293. The van der Waals surface area contributed by atoms with E-state index in [9.17, 15) is 10.1 Å². The molecule has 2 aromatic rings. The van der Waals surface area contributed by atoms with E-state index in [2.05, 4.69) is 5.32 Å². The zero-order valence-corrected chi connectivity index (χ0v) is 17.1. The first-order chi connectivity index (χ1) is 14.2. The molecule has 0 aliphatic heterocycles. The van der Waals surface area contributed by atoms with Crippen LogP contribution < -0.4 is 10.1 Å². The van der Waals surface area contributed by atoms with Crippen LogP contribution >= 0.6 is 11.6 Å². The Morgan fingerprint density at radius 3 is 2.45 bits per heavy atom. The van der Waals surface area contributed by atoms with Crippen LogP contribution in [0.4, 0.5) is 0 Å². The van der Waals surface area contributed by atoms with E-state index in [1.165, 1.54) is 12.8 Å². The highest BCUT2D eigenvalue weighted by Gasteiger charge is 2.17. The van der Waals surface area contributed by atoms with E-state index in [-0.39, 0.29) is 17.5 Å². The van der Waals surface area contributed by atoms with Gasteiger partial charge >= 0.3 is 0 Å². The van der Waals surface area contributed by atoms with Crippen molar-refractivity contribution in [3.63, 3.8) is 0 Å². The van der Waals surface area contributed by atoms with E-state index in [1.54, 1.807) is 6.08 Å². The lowest BCUT2D eigenvalue weighted by atomic mass is 10.1. The number of hydrogen-bond acceptors (Lipinski definition) is 3. The van der Waals surface area contributed by atoms with Gasteiger partial charge in [-0.15, -0.1) is 0 Å². The molecule has 0 atom stereocenters. The molecule has 1 aliphatic carbocycles. The molecule has 29 heavy (non-hydrogen) atoms. The van der Waals surface area contributed by atoms with Crippen LogP contribution in [0.15, 0.2) is 54.1 Å². The van der Waals surface area contributed by atoms with E-state index < -0.39 is 0 Å². The summed E-state index contributed by atoms with van der Waals surface area (Å²) >= 11 is 6.14. The van der Waals surface area contributed by atoms with E-state index in [0.717, 1.165) is 36.8 Å². The zero-order valence-electron chi connectivity index (χ0n) is 16.4. The summed E-state index contributed by atoms with van der Waals surface area (Å²) in [6.45, 7) is 0.377. The normalized spacial score (nSPS) is 15.2. The van der Waals surface area contributed by atoms with Crippen molar-refractivity contribution in [2.45, 2.75) is 51.2 Å². The Balaban J connectivity index is 1.60. The highest BCUT2D eigenvalue weighted by atomic mass is 35.5. The summed E-state index contributed by atoms with van der Waals surface area (Å²) in [6, 6.07) is 17.1. The summed E-state index contributed by atoms with van der Waals surface area (Å²) < 4.78 is 5.77. The largest absolute Gasteiger partial charge is 0.489 e. The fourth-order valence-electron chi connectivity index (χ4n) is 3.44. The first-order valence-corrected chi connectivity index (χ1v) is 10.4. The first kappa shape index (κ1) is 21.0. The molecule has 1 aliphatic rings. The molecule has 1 saturated carbocycles. The number of nitrogens with one attached hydrogen (secondary N) is 1. The van der Waals surface area contributed by atoms with Gasteiger partial charge in [-0.3, -0.25) is 4.79 Å². The summed E-state index contributed by atoms with van der Waals surface area (Å²) in [5.41, 5.74) is 1.82. The number of ether oxygens (including phenoxy) is 1. The molecular formula is C24H25ClN2O2. The molecule has 0 bridgehead atoms. The Kier molecular flexibility index (Phi) is 7.72. The van der Waals surface area contributed by atoms with Crippen molar-refractivity contribution in [3.05, 3.63) is 70.3 Å². The van der Waals surface area contributed by atoms with Gasteiger partial charge in [0.2, 0.25) is 0 Å². The number of amides is 1. The van der Waals surface area contributed by atoms with Crippen LogP contribution in [0.3, 0.4) is 0 Å². The predicted octanol–water partition coefficient (Wildman–Crippen LogP) is 5.66. The second-order valence-corrected chi connectivity index (χ2v) is 7.69. The third-order valence-corrected chi connectivity index (χ3v) is 5.47. The Bertz CT molecular complexity index is 892. The molecule has 150 valence electrons. The molecule has 0 unspecified atom stereocenters. The van der Waals surface area contributed by atoms with Crippen LogP contribution in [0.5, 0.6) is 5.75 Å². The summed E-state index contributed by atoms with van der Waals surface area (Å²) in [6.07, 6.45) is 8.29. The topological polar surface area (TPSA) is 62.1 Å². The second-order valence-electron chi connectivity index (χ2n) is 7.28. The van der Waals surface area contributed by atoms with Gasteiger partial charge < -0.3 is 10.1 Å². The first-order valence-electron chi connectivity index (χ1n) is 10.0. The minimum absolute atomic E-state index is 0.124. The lowest BCUT2D eigenvalue weighted by Crippen LogP contribution is -2.35. The van der Waals surface area contributed by atoms with Gasteiger partial charge in [0.1, 0.15) is 24.0 Å². The van der Waals surface area contributed by atoms with Crippen molar-refractivity contribution in [1.29, 1.82) is 5.26 Å². The van der Waals surface area contributed by atoms with Gasteiger partial charge in [0.25, 0.3) is 5.91 Å². The highest BCUT2D eigenvalue weighted by Crippen LogP contribution is 2.20. The third-order valence-electron chi connectivity index (χ3n) is 5.10. The van der Waals surface area contributed by atoms with E-state index in [1.807, 2.05) is 54.6 Å². The average molecular weight is 409 g/mol. The summed E-state index contributed by atoms with van der Waals surface area (Å²) in [7, 11) is 0. The SMILES string of the molecule is N#C/C(=C\c1ccc(OCc2ccccc2Cl)cc1)C(=O)NC1CCCCCC1. The predicted molar refractivity (Wildman–Crippen MR) is 115 cm³/mol. The van der Waals surface area contributed by atoms with Gasteiger partial charge in [-0.25, -0.2) is 0 Å². The fourth-order valence-corrected chi connectivity index (χ4v) is 3.63. The lowest BCUT2D eigenvalue weighted by Gasteiger charge is -2.15. The molecule has 0 spiro atoms. The van der Waals surface area contributed by atoms with E-state index in [4.69, 9.17) is 16.3 Å². The molecule has 2 aromatic carbocycles. The number of nitriles is 1. The molecule has 3 rings (SSSR count). The van der Waals surface area contributed by atoms with Gasteiger partial charge in [0.15, 0.2) is 0 Å². The number of carbonyl (C=O) groups is 1. The molecule has 1 N–H and O–H groups in total. The lowest BCUT2D eigenvalue weighted by molar-refractivity contribution is -0.117. The van der Waals surface area contributed by atoms with Gasteiger partial charge in [-0.1, -0.05) is 67.6 Å². The molecular weight excluding hydrogens is 384 g/mol. The number of halogens is 1. The Labute approximate surface area is 177 Å². The standard InChI is InChI=1S/C24H25ClN2O2/c25-23-10-6-5-7-19(23)17-29-22-13-11-18(12-14-22)15-20(16-26)24(28)27-21-8-3-1-2-4-9-21/h5-7,10-15,21H,1-4,8-9,17H2,(H,27,28)/b20-15+. The number of hydrogen-bond donors (Lipinski definition) is 1. The molecule has 1 amide bonds.